The summed E-state index contributed by atoms with van der Waals surface area (Å²) in [5, 5.41) is 11.6. The molecule has 1 saturated heterocycles. The Balaban J connectivity index is 1.41. The van der Waals surface area contributed by atoms with Crippen molar-refractivity contribution in [2.45, 2.75) is 77.4 Å². The van der Waals surface area contributed by atoms with Crippen molar-refractivity contribution in [1.29, 1.82) is 0 Å². The van der Waals surface area contributed by atoms with Gasteiger partial charge in [0, 0.05) is 36.6 Å². The first kappa shape index (κ1) is 24.6. The molecule has 7 heteroatoms. The highest BCUT2D eigenvalue weighted by Crippen LogP contribution is 2.40. The van der Waals surface area contributed by atoms with Crippen LogP contribution in [0, 0.1) is 17.2 Å². The first-order valence-electron chi connectivity index (χ1n) is 12.5. The lowest BCUT2D eigenvalue weighted by Crippen LogP contribution is -2.60. The van der Waals surface area contributed by atoms with Crippen molar-refractivity contribution in [3.63, 3.8) is 0 Å². The third-order valence-electron chi connectivity index (χ3n) is 7.95. The van der Waals surface area contributed by atoms with E-state index in [9.17, 15) is 19.1 Å². The van der Waals surface area contributed by atoms with Crippen LogP contribution >= 0.6 is 0 Å². The maximum Gasteiger partial charge on any atom is 0.253 e. The number of piperidine rings is 1. The second-order valence-corrected chi connectivity index (χ2v) is 10.7. The number of amides is 1. The molecule has 2 aliphatic rings. The summed E-state index contributed by atoms with van der Waals surface area (Å²) < 4.78 is 15.5. The van der Waals surface area contributed by atoms with Crippen LogP contribution in [-0.2, 0) is 11.3 Å². The summed E-state index contributed by atoms with van der Waals surface area (Å²) in [7, 11) is 0. The molecule has 1 aromatic heterocycles. The number of nitrogens with zero attached hydrogens (tertiary/aromatic N) is 3. The molecule has 1 aromatic carbocycles. The lowest BCUT2D eigenvalue weighted by Gasteiger charge is -2.50. The fourth-order valence-corrected chi connectivity index (χ4v) is 5.47. The Morgan fingerprint density at radius 3 is 2.62 bits per heavy atom. The summed E-state index contributed by atoms with van der Waals surface area (Å²) in [6.07, 6.45) is 9.62. The fourth-order valence-electron chi connectivity index (χ4n) is 5.47. The van der Waals surface area contributed by atoms with Crippen LogP contribution in [0.15, 0.2) is 41.5 Å². The Morgan fingerprint density at radius 1 is 1.21 bits per heavy atom. The second kappa shape index (κ2) is 9.98. The molecule has 1 atom stereocenters. The molecule has 0 bridgehead atoms. The van der Waals surface area contributed by atoms with Crippen molar-refractivity contribution in [3.8, 4) is 11.3 Å². The molecule has 1 unspecified atom stereocenters. The van der Waals surface area contributed by atoms with Gasteiger partial charge in [-0.1, -0.05) is 58.1 Å². The molecule has 2 aromatic rings. The molecule has 0 spiro atoms. The van der Waals surface area contributed by atoms with Gasteiger partial charge in [0.25, 0.3) is 5.56 Å². The summed E-state index contributed by atoms with van der Waals surface area (Å²) in [4.78, 5) is 31.8. The van der Waals surface area contributed by atoms with Crippen molar-refractivity contribution in [2.24, 2.45) is 11.3 Å². The first-order valence-corrected chi connectivity index (χ1v) is 12.5. The molecular weight excluding hydrogens is 433 g/mol. The first-order chi connectivity index (χ1) is 16.2. The monoisotopic (exact) mass is 469 g/mol. The average Bonchev–Trinajstić information content (AvgIpc) is 2.82. The molecule has 184 valence electrons. The Hall–Kier alpha value is -2.54. The highest BCUT2D eigenvalue weighted by Gasteiger charge is 2.48. The number of aromatic nitrogens is 2. The van der Waals surface area contributed by atoms with Crippen LogP contribution in [0.1, 0.15) is 65.2 Å². The third-order valence-corrected chi connectivity index (χ3v) is 7.95. The molecule has 1 aliphatic heterocycles. The minimum atomic E-state index is -1.17. The lowest BCUT2D eigenvalue weighted by molar-refractivity contribution is -0.154. The minimum Gasteiger partial charge on any atom is -0.387 e. The van der Waals surface area contributed by atoms with Crippen LogP contribution in [0.25, 0.3) is 11.3 Å². The van der Waals surface area contributed by atoms with Gasteiger partial charge in [-0.2, -0.15) is 0 Å². The zero-order valence-corrected chi connectivity index (χ0v) is 20.3. The molecule has 1 aliphatic carbocycles. The van der Waals surface area contributed by atoms with Gasteiger partial charge in [-0.15, -0.1) is 0 Å². The van der Waals surface area contributed by atoms with Gasteiger partial charge in [-0.05, 0) is 30.9 Å². The smallest absolute Gasteiger partial charge is 0.253 e. The number of carbonyl (C=O) groups excluding carboxylic acids is 1. The summed E-state index contributed by atoms with van der Waals surface area (Å²) in [6, 6.07) is 7.50. The van der Waals surface area contributed by atoms with E-state index in [0.717, 1.165) is 6.42 Å². The SMILES string of the molecule is CC1(C)CN(C(=O)CCC2CCCCC2)CCC1(O)Cn1cnc(-c2ccccc2F)cc1=O. The summed E-state index contributed by atoms with van der Waals surface area (Å²) in [5.41, 5.74) is -1.58. The van der Waals surface area contributed by atoms with Gasteiger partial charge >= 0.3 is 0 Å². The van der Waals surface area contributed by atoms with E-state index in [0.29, 0.717) is 31.8 Å². The molecule has 6 nitrogen and oxygen atoms in total. The van der Waals surface area contributed by atoms with Gasteiger partial charge in [0.15, 0.2) is 0 Å². The van der Waals surface area contributed by atoms with Crippen molar-refractivity contribution >= 4 is 5.91 Å². The molecule has 1 amide bonds. The van der Waals surface area contributed by atoms with Gasteiger partial charge in [0.1, 0.15) is 5.82 Å². The second-order valence-electron chi connectivity index (χ2n) is 10.7. The van der Waals surface area contributed by atoms with Crippen LogP contribution in [0.4, 0.5) is 4.39 Å². The summed E-state index contributed by atoms with van der Waals surface area (Å²) >= 11 is 0. The van der Waals surface area contributed by atoms with E-state index < -0.39 is 16.8 Å². The van der Waals surface area contributed by atoms with E-state index in [4.69, 9.17) is 0 Å². The standard InChI is InChI=1S/C27H36FN3O3/c1-26(2)17-30(24(32)13-12-20-8-4-3-5-9-20)15-14-27(26,34)18-31-19-29-23(16-25(31)33)21-10-6-7-11-22(21)28/h6-7,10-11,16,19-20,34H,3-5,8-9,12-15,17-18H2,1-2H3. The fraction of sp³-hybridized carbons (Fsp3) is 0.593. The van der Waals surface area contributed by atoms with Crippen LogP contribution < -0.4 is 5.56 Å². The predicted molar refractivity (Wildman–Crippen MR) is 130 cm³/mol. The van der Waals surface area contributed by atoms with E-state index in [1.54, 1.807) is 18.2 Å². The number of aliphatic hydroxyl groups is 1. The molecule has 34 heavy (non-hydrogen) atoms. The number of likely N-dealkylation sites (tertiary alicyclic amines) is 1. The van der Waals surface area contributed by atoms with Gasteiger partial charge < -0.3 is 10.0 Å². The Morgan fingerprint density at radius 2 is 1.94 bits per heavy atom. The molecule has 4 rings (SSSR count). The molecule has 1 N–H and O–H groups in total. The molecule has 2 heterocycles. The van der Waals surface area contributed by atoms with Crippen molar-refractivity contribution in [1.82, 2.24) is 14.5 Å². The number of carbonyl (C=O) groups is 1. The average molecular weight is 470 g/mol. The summed E-state index contributed by atoms with van der Waals surface area (Å²) in [5.74, 6) is 0.389. The van der Waals surface area contributed by atoms with Crippen LogP contribution in [0.3, 0.4) is 0 Å². The van der Waals surface area contributed by atoms with Crippen LogP contribution in [-0.4, -0.2) is 44.2 Å². The van der Waals surface area contributed by atoms with Crippen molar-refractivity contribution < 1.29 is 14.3 Å². The maximum atomic E-state index is 14.1. The molecule has 2 fully saturated rings. The van der Waals surface area contributed by atoms with E-state index in [2.05, 4.69) is 4.98 Å². The Kier molecular flexibility index (Phi) is 7.22. The van der Waals surface area contributed by atoms with Gasteiger partial charge in [0.05, 0.1) is 24.2 Å². The Labute approximate surface area is 200 Å². The molecule has 0 radical (unpaired) electrons. The number of halogens is 1. The molecular formula is C27H36FN3O3. The number of rotatable bonds is 6. The zero-order valence-electron chi connectivity index (χ0n) is 20.3. The predicted octanol–water partition coefficient (Wildman–Crippen LogP) is 4.40. The normalized spacial score (nSPS) is 23.1. The van der Waals surface area contributed by atoms with Crippen molar-refractivity contribution in [2.75, 3.05) is 13.1 Å². The lowest BCUT2D eigenvalue weighted by atomic mass is 9.69. The topological polar surface area (TPSA) is 75.4 Å². The summed E-state index contributed by atoms with van der Waals surface area (Å²) in [6.45, 7) is 4.88. The third kappa shape index (κ3) is 5.24. The Bertz CT molecular complexity index is 1080. The van der Waals surface area contributed by atoms with Crippen LogP contribution in [0.2, 0.25) is 0 Å². The minimum absolute atomic E-state index is 0.0769. The largest absolute Gasteiger partial charge is 0.387 e. The highest BCUT2D eigenvalue weighted by atomic mass is 19.1. The van der Waals surface area contributed by atoms with E-state index in [1.165, 1.54) is 55.1 Å². The van der Waals surface area contributed by atoms with Crippen LogP contribution in [0.5, 0.6) is 0 Å². The quantitative estimate of drug-likeness (QED) is 0.681. The number of hydrogen-bond acceptors (Lipinski definition) is 4. The highest BCUT2D eigenvalue weighted by molar-refractivity contribution is 5.76. The van der Waals surface area contributed by atoms with E-state index in [-0.39, 0.29) is 29.3 Å². The van der Waals surface area contributed by atoms with E-state index >= 15 is 0 Å². The zero-order chi connectivity index (χ0) is 24.3. The number of benzene rings is 1. The van der Waals surface area contributed by atoms with Gasteiger partial charge in [-0.25, -0.2) is 9.37 Å². The number of hydrogen-bond donors (Lipinski definition) is 1. The maximum absolute atomic E-state index is 14.1. The molecule has 1 saturated carbocycles. The van der Waals surface area contributed by atoms with Crippen molar-refractivity contribution in [3.05, 3.63) is 52.8 Å². The van der Waals surface area contributed by atoms with E-state index in [1.807, 2.05) is 18.7 Å². The van der Waals surface area contributed by atoms with Gasteiger partial charge in [0.2, 0.25) is 5.91 Å². The van der Waals surface area contributed by atoms with Gasteiger partial charge in [-0.3, -0.25) is 14.2 Å².